The highest BCUT2D eigenvalue weighted by Crippen LogP contribution is 2.10. The van der Waals surface area contributed by atoms with Crippen LogP contribution in [0.5, 0.6) is 0 Å². The molecule has 17 heavy (non-hydrogen) atoms. The van der Waals surface area contributed by atoms with Crippen LogP contribution < -0.4 is 11.1 Å². The lowest BCUT2D eigenvalue weighted by Gasteiger charge is -2.05. The van der Waals surface area contributed by atoms with Crippen LogP contribution in [0.4, 0.5) is 11.5 Å². The van der Waals surface area contributed by atoms with Crippen LogP contribution in [-0.2, 0) is 0 Å². The minimum Gasteiger partial charge on any atom is -0.399 e. The number of carbonyl (C=O) groups excluding carboxylic acids is 1. The van der Waals surface area contributed by atoms with Gasteiger partial charge in [0.2, 0.25) is 0 Å². The number of aryl methyl sites for hydroxylation is 1. The molecule has 1 heterocycles. The van der Waals surface area contributed by atoms with E-state index >= 15 is 0 Å². The average molecular weight is 227 g/mol. The van der Waals surface area contributed by atoms with Crippen LogP contribution in [0.1, 0.15) is 15.9 Å². The fraction of sp³-hybridized carbons (Fsp3) is 0.0769. The van der Waals surface area contributed by atoms with Gasteiger partial charge in [0.05, 0.1) is 0 Å². The van der Waals surface area contributed by atoms with Crippen molar-refractivity contribution in [1.82, 2.24) is 4.98 Å². The molecule has 0 atom stereocenters. The number of rotatable bonds is 2. The van der Waals surface area contributed by atoms with Gasteiger partial charge >= 0.3 is 0 Å². The van der Waals surface area contributed by atoms with E-state index in [9.17, 15) is 4.79 Å². The molecule has 0 radical (unpaired) electrons. The molecule has 2 rings (SSSR count). The first kappa shape index (κ1) is 11.1. The summed E-state index contributed by atoms with van der Waals surface area (Å²) in [6.07, 6.45) is 1.56. The predicted molar refractivity (Wildman–Crippen MR) is 67.8 cm³/mol. The predicted octanol–water partition coefficient (Wildman–Crippen LogP) is 2.22. The second kappa shape index (κ2) is 4.65. The van der Waals surface area contributed by atoms with Crippen LogP contribution >= 0.6 is 0 Å². The van der Waals surface area contributed by atoms with Gasteiger partial charge < -0.3 is 11.1 Å². The molecule has 0 saturated heterocycles. The van der Waals surface area contributed by atoms with Crippen molar-refractivity contribution in [1.29, 1.82) is 0 Å². The lowest BCUT2D eigenvalue weighted by molar-refractivity contribution is 0.102. The summed E-state index contributed by atoms with van der Waals surface area (Å²) in [5.74, 6) is 0.267. The Kier molecular flexibility index (Phi) is 3.05. The summed E-state index contributed by atoms with van der Waals surface area (Å²) >= 11 is 0. The van der Waals surface area contributed by atoms with Crippen molar-refractivity contribution >= 4 is 17.4 Å². The zero-order valence-electron chi connectivity index (χ0n) is 9.47. The Bertz CT molecular complexity index is 552. The number of anilines is 2. The molecule has 0 fully saturated rings. The highest BCUT2D eigenvalue weighted by Gasteiger charge is 2.06. The number of benzene rings is 1. The van der Waals surface area contributed by atoms with Gasteiger partial charge in [0, 0.05) is 23.5 Å². The smallest absolute Gasteiger partial charge is 0.256 e. The third-order valence-corrected chi connectivity index (χ3v) is 2.31. The highest BCUT2D eigenvalue weighted by atomic mass is 16.1. The van der Waals surface area contributed by atoms with Crippen LogP contribution in [0.3, 0.4) is 0 Å². The molecule has 0 aliphatic heterocycles. The first-order chi connectivity index (χ1) is 8.15. The SMILES string of the molecule is Cc1cccc(C(=O)Nc2cc(N)ccn2)c1. The lowest BCUT2D eigenvalue weighted by atomic mass is 10.1. The highest BCUT2D eigenvalue weighted by molar-refractivity contribution is 6.03. The van der Waals surface area contributed by atoms with Crippen LogP contribution in [0, 0.1) is 6.92 Å². The Labute approximate surface area is 99.5 Å². The molecular weight excluding hydrogens is 214 g/mol. The number of pyridine rings is 1. The van der Waals surface area contributed by atoms with E-state index in [-0.39, 0.29) is 5.91 Å². The largest absolute Gasteiger partial charge is 0.399 e. The van der Waals surface area contributed by atoms with Crippen molar-refractivity contribution in [2.24, 2.45) is 0 Å². The minimum absolute atomic E-state index is 0.188. The molecule has 0 unspecified atom stereocenters. The van der Waals surface area contributed by atoms with Crippen molar-refractivity contribution in [3.05, 3.63) is 53.7 Å². The fourth-order valence-corrected chi connectivity index (χ4v) is 1.49. The summed E-state index contributed by atoms with van der Waals surface area (Å²) in [5.41, 5.74) is 7.82. The molecule has 0 spiro atoms. The van der Waals surface area contributed by atoms with E-state index in [1.165, 1.54) is 0 Å². The molecule has 4 heteroatoms. The molecule has 4 nitrogen and oxygen atoms in total. The Morgan fingerprint density at radius 2 is 2.12 bits per heavy atom. The number of hydrogen-bond donors (Lipinski definition) is 2. The molecule has 3 N–H and O–H groups in total. The van der Waals surface area contributed by atoms with E-state index in [0.29, 0.717) is 17.1 Å². The zero-order valence-corrected chi connectivity index (χ0v) is 9.47. The molecular formula is C13H13N3O. The maximum atomic E-state index is 11.9. The average Bonchev–Trinajstić information content (AvgIpc) is 2.29. The second-order valence-electron chi connectivity index (χ2n) is 3.80. The maximum Gasteiger partial charge on any atom is 0.256 e. The molecule has 2 aromatic rings. The summed E-state index contributed by atoms with van der Waals surface area (Å²) < 4.78 is 0. The van der Waals surface area contributed by atoms with Gasteiger partial charge in [-0.05, 0) is 25.1 Å². The first-order valence-electron chi connectivity index (χ1n) is 5.25. The maximum absolute atomic E-state index is 11.9. The number of amides is 1. The third kappa shape index (κ3) is 2.81. The van der Waals surface area contributed by atoms with E-state index in [1.54, 1.807) is 24.4 Å². The number of nitrogen functional groups attached to an aromatic ring is 1. The zero-order chi connectivity index (χ0) is 12.3. The van der Waals surface area contributed by atoms with Crippen LogP contribution in [0.2, 0.25) is 0 Å². The van der Waals surface area contributed by atoms with Crippen LogP contribution in [0.25, 0.3) is 0 Å². The quantitative estimate of drug-likeness (QED) is 0.826. The van der Waals surface area contributed by atoms with Crippen molar-refractivity contribution < 1.29 is 4.79 Å². The first-order valence-corrected chi connectivity index (χ1v) is 5.25. The third-order valence-electron chi connectivity index (χ3n) is 2.31. The van der Waals surface area contributed by atoms with E-state index < -0.39 is 0 Å². The topological polar surface area (TPSA) is 68.0 Å². The van der Waals surface area contributed by atoms with E-state index in [1.807, 2.05) is 25.1 Å². The van der Waals surface area contributed by atoms with Gasteiger partial charge in [0.15, 0.2) is 0 Å². The summed E-state index contributed by atoms with van der Waals surface area (Å²) in [6.45, 7) is 1.94. The van der Waals surface area contributed by atoms with E-state index in [0.717, 1.165) is 5.56 Å². The number of hydrogen-bond acceptors (Lipinski definition) is 3. The number of nitrogens with one attached hydrogen (secondary N) is 1. The van der Waals surface area contributed by atoms with Gasteiger partial charge in [-0.25, -0.2) is 4.98 Å². The summed E-state index contributed by atoms with van der Waals surface area (Å²) in [5, 5.41) is 2.70. The van der Waals surface area contributed by atoms with Crippen molar-refractivity contribution in [3.63, 3.8) is 0 Å². The summed E-state index contributed by atoms with van der Waals surface area (Å²) in [7, 11) is 0. The number of aromatic nitrogens is 1. The van der Waals surface area contributed by atoms with Gasteiger partial charge in [0.25, 0.3) is 5.91 Å². The van der Waals surface area contributed by atoms with Crippen molar-refractivity contribution in [2.45, 2.75) is 6.92 Å². The summed E-state index contributed by atoms with van der Waals surface area (Å²) in [4.78, 5) is 15.9. The standard InChI is InChI=1S/C13H13N3O/c1-9-3-2-4-10(7-9)13(17)16-12-8-11(14)5-6-15-12/h2-8H,1H3,(H3,14,15,16,17). The van der Waals surface area contributed by atoms with Crippen LogP contribution in [0.15, 0.2) is 42.6 Å². The number of carbonyl (C=O) groups is 1. The van der Waals surface area contributed by atoms with Gasteiger partial charge in [-0.15, -0.1) is 0 Å². The van der Waals surface area contributed by atoms with Gasteiger partial charge in [-0.3, -0.25) is 4.79 Å². The summed E-state index contributed by atoms with van der Waals surface area (Å²) in [6, 6.07) is 10.7. The Morgan fingerprint density at radius 1 is 1.29 bits per heavy atom. The Morgan fingerprint density at radius 3 is 2.82 bits per heavy atom. The minimum atomic E-state index is -0.188. The Balaban J connectivity index is 2.17. The molecule has 1 aromatic carbocycles. The van der Waals surface area contributed by atoms with Gasteiger partial charge in [-0.2, -0.15) is 0 Å². The molecule has 1 amide bonds. The van der Waals surface area contributed by atoms with E-state index in [2.05, 4.69) is 10.3 Å². The number of nitrogens with two attached hydrogens (primary N) is 1. The van der Waals surface area contributed by atoms with Gasteiger partial charge in [-0.1, -0.05) is 17.7 Å². The molecule has 86 valence electrons. The van der Waals surface area contributed by atoms with Gasteiger partial charge in [0.1, 0.15) is 5.82 Å². The molecule has 0 aliphatic carbocycles. The molecule has 0 aliphatic rings. The fourth-order valence-electron chi connectivity index (χ4n) is 1.49. The van der Waals surface area contributed by atoms with Crippen molar-refractivity contribution in [2.75, 3.05) is 11.1 Å². The second-order valence-corrected chi connectivity index (χ2v) is 3.80. The molecule has 0 bridgehead atoms. The van der Waals surface area contributed by atoms with Crippen molar-refractivity contribution in [3.8, 4) is 0 Å². The monoisotopic (exact) mass is 227 g/mol. The normalized spacial score (nSPS) is 9.94. The lowest BCUT2D eigenvalue weighted by Crippen LogP contribution is -2.13. The van der Waals surface area contributed by atoms with Crippen LogP contribution in [-0.4, -0.2) is 10.9 Å². The molecule has 0 saturated carbocycles. The molecule has 1 aromatic heterocycles. The van der Waals surface area contributed by atoms with E-state index in [4.69, 9.17) is 5.73 Å². The Hall–Kier alpha value is -2.36. The number of nitrogens with zero attached hydrogens (tertiary/aromatic N) is 1.